The predicted molar refractivity (Wildman–Crippen MR) is 22.8 cm³/mol. The van der Waals surface area contributed by atoms with Crippen LogP contribution < -0.4 is 5.32 Å². The predicted octanol–water partition coefficient (Wildman–Crippen LogP) is -0.958. The second-order valence-corrected chi connectivity index (χ2v) is 1.70. The van der Waals surface area contributed by atoms with E-state index in [2.05, 4.69) is 5.32 Å². The van der Waals surface area contributed by atoms with Gasteiger partial charge >= 0.3 is 0 Å². The van der Waals surface area contributed by atoms with E-state index < -0.39 is 11.1 Å². The Bertz CT molecular complexity index is 55.5. The number of hydrogen-bond acceptors (Lipinski definition) is 3. The van der Waals surface area contributed by atoms with Crippen molar-refractivity contribution in [3.63, 3.8) is 0 Å². The Morgan fingerprint density at radius 3 is 2.50 bits per heavy atom. The Labute approximate surface area is 39.0 Å². The molecule has 0 fully saturated rings. The maximum absolute atomic E-state index is 9.54. The van der Waals surface area contributed by atoms with Crippen LogP contribution in [0.15, 0.2) is 0 Å². The SMILES string of the molecule is CNCS(=O)[O-]. The first-order valence-electron chi connectivity index (χ1n) is 1.48. The van der Waals surface area contributed by atoms with Crippen molar-refractivity contribution >= 4 is 11.1 Å². The van der Waals surface area contributed by atoms with Gasteiger partial charge in [0.2, 0.25) is 0 Å². The summed E-state index contributed by atoms with van der Waals surface area (Å²) < 4.78 is 19.1. The van der Waals surface area contributed by atoms with E-state index in [-0.39, 0.29) is 5.88 Å². The first-order chi connectivity index (χ1) is 2.77. The molecule has 1 atom stereocenters. The van der Waals surface area contributed by atoms with E-state index in [0.29, 0.717) is 0 Å². The molecule has 4 heteroatoms. The van der Waals surface area contributed by atoms with Crippen LogP contribution in [0.2, 0.25) is 0 Å². The Kier molecular flexibility index (Phi) is 3.31. The molecule has 0 rings (SSSR count). The van der Waals surface area contributed by atoms with Crippen LogP contribution in [0.4, 0.5) is 0 Å². The third kappa shape index (κ3) is 4.07. The highest BCUT2D eigenvalue weighted by Crippen LogP contribution is 1.60. The van der Waals surface area contributed by atoms with Crippen LogP contribution in [-0.2, 0) is 11.1 Å². The largest absolute Gasteiger partial charge is 0.771 e. The first kappa shape index (κ1) is 6.07. The van der Waals surface area contributed by atoms with E-state index in [1.165, 1.54) is 0 Å². The lowest BCUT2D eigenvalue weighted by atomic mass is 11.3. The molecular weight excluding hydrogens is 102 g/mol. The molecule has 0 aliphatic rings. The van der Waals surface area contributed by atoms with Gasteiger partial charge in [-0.3, -0.25) is 4.21 Å². The molecule has 0 amide bonds. The van der Waals surface area contributed by atoms with Crippen LogP contribution in [0, 0.1) is 0 Å². The number of rotatable bonds is 2. The van der Waals surface area contributed by atoms with Gasteiger partial charge in [0.15, 0.2) is 0 Å². The molecule has 0 spiro atoms. The van der Waals surface area contributed by atoms with E-state index in [0.717, 1.165) is 0 Å². The maximum atomic E-state index is 9.54. The quantitative estimate of drug-likeness (QED) is 0.464. The van der Waals surface area contributed by atoms with E-state index in [4.69, 9.17) is 0 Å². The Morgan fingerprint density at radius 1 is 2.00 bits per heavy atom. The highest BCUT2D eigenvalue weighted by atomic mass is 32.2. The fourth-order valence-corrected chi connectivity index (χ4v) is 0.354. The molecule has 0 aromatic carbocycles. The summed E-state index contributed by atoms with van der Waals surface area (Å²) in [7, 11) is 1.58. The Hall–Kier alpha value is 0.0700. The summed E-state index contributed by atoms with van der Waals surface area (Å²) in [6.07, 6.45) is 0. The van der Waals surface area contributed by atoms with E-state index >= 15 is 0 Å². The molecule has 0 aromatic heterocycles. The fraction of sp³-hybridized carbons (Fsp3) is 1.00. The second-order valence-electron chi connectivity index (χ2n) is 0.802. The van der Waals surface area contributed by atoms with E-state index in [1.807, 2.05) is 0 Å². The van der Waals surface area contributed by atoms with Gasteiger partial charge in [-0.05, 0) is 18.1 Å². The standard InChI is InChI=1S/C2H7NO2S/c1-3-2-6(4)5/h3H,2H2,1H3,(H,4,5)/p-1. The topological polar surface area (TPSA) is 52.2 Å². The molecule has 6 heavy (non-hydrogen) atoms. The third-order valence-electron chi connectivity index (χ3n) is 0.262. The van der Waals surface area contributed by atoms with Gasteiger partial charge in [-0.2, -0.15) is 0 Å². The molecule has 1 N–H and O–H groups in total. The normalized spacial score (nSPS) is 14.3. The highest BCUT2D eigenvalue weighted by molar-refractivity contribution is 7.79. The van der Waals surface area contributed by atoms with Crippen molar-refractivity contribution in [2.24, 2.45) is 0 Å². The molecule has 0 saturated carbocycles. The molecule has 0 bridgehead atoms. The summed E-state index contributed by atoms with van der Waals surface area (Å²) in [6.45, 7) is 0. The van der Waals surface area contributed by atoms with E-state index in [9.17, 15) is 8.76 Å². The van der Waals surface area contributed by atoms with Gasteiger partial charge in [0.05, 0.1) is 5.88 Å². The van der Waals surface area contributed by atoms with Crippen molar-refractivity contribution in [2.45, 2.75) is 0 Å². The lowest BCUT2D eigenvalue weighted by Gasteiger charge is -1.99. The van der Waals surface area contributed by atoms with Crippen molar-refractivity contribution in [1.29, 1.82) is 0 Å². The summed E-state index contributed by atoms with van der Waals surface area (Å²) >= 11 is -1.93. The third-order valence-corrected chi connectivity index (χ3v) is 0.787. The lowest BCUT2D eigenvalue weighted by molar-refractivity contribution is 0.533. The van der Waals surface area contributed by atoms with Gasteiger partial charge in [0, 0.05) is 0 Å². The summed E-state index contributed by atoms with van der Waals surface area (Å²) in [4.78, 5) is 0. The smallest absolute Gasteiger partial charge is 0.0586 e. The fourth-order valence-electron chi connectivity index (χ4n) is 0.118. The minimum absolute atomic E-state index is 0.0417. The zero-order valence-corrected chi connectivity index (χ0v) is 4.25. The minimum Gasteiger partial charge on any atom is -0.771 e. The minimum atomic E-state index is -1.93. The zero-order valence-electron chi connectivity index (χ0n) is 3.43. The van der Waals surface area contributed by atoms with Gasteiger partial charge in [0.1, 0.15) is 0 Å². The van der Waals surface area contributed by atoms with Gasteiger partial charge in [-0.15, -0.1) is 0 Å². The molecule has 0 radical (unpaired) electrons. The Morgan fingerprint density at radius 2 is 2.50 bits per heavy atom. The van der Waals surface area contributed by atoms with Crippen LogP contribution in [0.25, 0.3) is 0 Å². The van der Waals surface area contributed by atoms with Crippen molar-refractivity contribution in [2.75, 3.05) is 12.9 Å². The van der Waals surface area contributed by atoms with E-state index in [1.54, 1.807) is 7.05 Å². The van der Waals surface area contributed by atoms with Crippen molar-refractivity contribution in [1.82, 2.24) is 5.32 Å². The zero-order chi connectivity index (χ0) is 4.99. The van der Waals surface area contributed by atoms with Crippen molar-refractivity contribution in [3.8, 4) is 0 Å². The molecule has 0 saturated heterocycles. The van der Waals surface area contributed by atoms with Crippen LogP contribution >= 0.6 is 0 Å². The Balaban J connectivity index is 2.83. The molecule has 38 valence electrons. The van der Waals surface area contributed by atoms with Gasteiger partial charge in [0.25, 0.3) is 0 Å². The van der Waals surface area contributed by atoms with Crippen LogP contribution in [0.1, 0.15) is 0 Å². The number of hydrogen-bond donors (Lipinski definition) is 1. The first-order valence-corrected chi connectivity index (χ1v) is 2.72. The second kappa shape index (κ2) is 3.27. The molecule has 0 aliphatic carbocycles. The molecular formula is C2H6NO2S-. The highest BCUT2D eigenvalue weighted by Gasteiger charge is 1.70. The average Bonchev–Trinajstić information content (AvgIpc) is 1.35. The summed E-state index contributed by atoms with van der Waals surface area (Å²) in [5.41, 5.74) is 0. The van der Waals surface area contributed by atoms with Gasteiger partial charge in [-0.25, -0.2) is 0 Å². The molecule has 0 aromatic rings. The van der Waals surface area contributed by atoms with Crippen molar-refractivity contribution in [3.05, 3.63) is 0 Å². The molecule has 1 unspecified atom stereocenters. The molecule has 3 nitrogen and oxygen atoms in total. The summed E-state index contributed by atoms with van der Waals surface area (Å²) in [5, 5.41) is 2.45. The van der Waals surface area contributed by atoms with Crippen molar-refractivity contribution < 1.29 is 8.76 Å². The van der Waals surface area contributed by atoms with Crippen LogP contribution in [-0.4, -0.2) is 21.7 Å². The monoisotopic (exact) mass is 108 g/mol. The number of nitrogens with one attached hydrogen (secondary N) is 1. The van der Waals surface area contributed by atoms with Crippen LogP contribution in [0.5, 0.6) is 0 Å². The summed E-state index contributed by atoms with van der Waals surface area (Å²) in [6, 6.07) is 0. The van der Waals surface area contributed by atoms with Gasteiger partial charge in [-0.1, -0.05) is 0 Å². The summed E-state index contributed by atoms with van der Waals surface area (Å²) in [5.74, 6) is 0.0417. The average molecular weight is 108 g/mol. The van der Waals surface area contributed by atoms with Gasteiger partial charge < -0.3 is 9.87 Å². The molecule has 0 heterocycles. The maximum Gasteiger partial charge on any atom is 0.0586 e. The molecule has 0 aliphatic heterocycles. The lowest BCUT2D eigenvalue weighted by Crippen LogP contribution is -2.12. The van der Waals surface area contributed by atoms with Crippen LogP contribution in [0.3, 0.4) is 0 Å².